The molecule has 0 bridgehead atoms. The molecule has 0 spiro atoms. The van der Waals surface area contributed by atoms with Gasteiger partial charge in [0.1, 0.15) is 5.82 Å². The second-order valence-electron chi connectivity index (χ2n) is 12.7. The molecular weight excluding hydrogens is 556 g/mol. The fourth-order valence-electron chi connectivity index (χ4n) is 7.84. The van der Waals surface area contributed by atoms with Crippen LogP contribution in [0.25, 0.3) is 55.5 Å². The predicted molar refractivity (Wildman–Crippen MR) is 194 cm³/mol. The van der Waals surface area contributed by atoms with E-state index in [2.05, 4.69) is 163 Å². The van der Waals surface area contributed by atoms with Gasteiger partial charge in [0.25, 0.3) is 0 Å². The van der Waals surface area contributed by atoms with Gasteiger partial charge in [0.2, 0.25) is 0 Å². The van der Waals surface area contributed by atoms with Crippen molar-refractivity contribution in [2.24, 2.45) is 5.92 Å². The minimum absolute atomic E-state index is 0.153. The summed E-state index contributed by atoms with van der Waals surface area (Å²) in [5.74, 6) is 1.50. The molecule has 0 saturated carbocycles. The Balaban J connectivity index is 1.20. The summed E-state index contributed by atoms with van der Waals surface area (Å²) in [4.78, 5) is 5.22. The first kappa shape index (κ1) is 26.9. The topological polar surface area (TPSA) is 17.8 Å². The van der Waals surface area contributed by atoms with Crippen molar-refractivity contribution < 1.29 is 0 Å². The van der Waals surface area contributed by atoms with Crippen molar-refractivity contribution in [2.45, 2.75) is 25.7 Å². The molecule has 2 unspecified atom stereocenters. The SMILES string of the molecule is CC1C=C(c2c3ccccc3c(C3=Cc4ccccc4CC3)c3ccccc23)C=CC1c1nc2ccccc2n1-c1ccccc1. The van der Waals surface area contributed by atoms with Crippen molar-refractivity contribution in [3.05, 3.63) is 174 Å². The Labute approximate surface area is 269 Å². The van der Waals surface area contributed by atoms with Crippen LogP contribution in [-0.4, -0.2) is 9.55 Å². The molecule has 0 amide bonds. The number of aryl methyl sites for hydroxylation is 1. The summed E-state index contributed by atoms with van der Waals surface area (Å²) in [5.41, 5.74) is 11.5. The molecule has 0 radical (unpaired) electrons. The van der Waals surface area contributed by atoms with Gasteiger partial charge in [-0.25, -0.2) is 4.98 Å². The fraction of sp³-hybridized carbons (Fsp3) is 0.114. The molecule has 2 heteroatoms. The molecule has 0 N–H and O–H groups in total. The molecule has 9 rings (SSSR count). The number of para-hydroxylation sites is 3. The quantitative estimate of drug-likeness (QED) is 0.186. The van der Waals surface area contributed by atoms with Gasteiger partial charge in [-0.1, -0.05) is 134 Å². The Morgan fingerprint density at radius 1 is 0.630 bits per heavy atom. The highest BCUT2D eigenvalue weighted by Gasteiger charge is 2.27. The Kier molecular flexibility index (Phi) is 6.35. The summed E-state index contributed by atoms with van der Waals surface area (Å²) in [5, 5.41) is 5.29. The van der Waals surface area contributed by atoms with Crippen LogP contribution in [-0.2, 0) is 6.42 Å². The molecule has 1 aromatic heterocycles. The van der Waals surface area contributed by atoms with Gasteiger partial charge in [-0.05, 0) is 98.0 Å². The van der Waals surface area contributed by atoms with Crippen molar-refractivity contribution >= 4 is 49.8 Å². The van der Waals surface area contributed by atoms with Gasteiger partial charge in [-0.2, -0.15) is 0 Å². The van der Waals surface area contributed by atoms with Gasteiger partial charge < -0.3 is 0 Å². The third kappa shape index (κ3) is 4.29. The molecule has 46 heavy (non-hydrogen) atoms. The summed E-state index contributed by atoms with van der Waals surface area (Å²) in [6.07, 6.45) is 11.8. The van der Waals surface area contributed by atoms with Crippen LogP contribution in [0.4, 0.5) is 0 Å². The van der Waals surface area contributed by atoms with E-state index >= 15 is 0 Å². The second kappa shape index (κ2) is 10.9. The van der Waals surface area contributed by atoms with E-state index in [1.807, 2.05) is 0 Å². The molecule has 2 aliphatic carbocycles. The van der Waals surface area contributed by atoms with Crippen LogP contribution in [0.15, 0.2) is 146 Å². The van der Waals surface area contributed by atoms with Crippen LogP contribution >= 0.6 is 0 Å². The molecule has 1 heterocycles. The normalized spacial score (nSPS) is 17.7. The van der Waals surface area contributed by atoms with Gasteiger partial charge in [-0.15, -0.1) is 0 Å². The standard InChI is InChI=1S/C44H34N2/c1-29-27-32(25-26-35(29)44-45-40-21-11-12-22-41(40)46(44)34-15-3-2-4-16-34)42-36-17-7-9-19-38(36)43(39-20-10-8-18-37(39)42)33-24-23-30-13-5-6-14-31(30)28-33/h2-22,25-29,35H,23-24H2,1H3. The van der Waals surface area contributed by atoms with Gasteiger partial charge in [0.05, 0.1) is 11.0 Å². The first-order valence-corrected chi connectivity index (χ1v) is 16.4. The Hall–Kier alpha value is -5.47. The largest absolute Gasteiger partial charge is 0.296 e. The van der Waals surface area contributed by atoms with Gasteiger partial charge in [0, 0.05) is 11.6 Å². The lowest BCUT2D eigenvalue weighted by molar-refractivity contribution is 0.599. The lowest BCUT2D eigenvalue weighted by atomic mass is 9.79. The molecule has 0 saturated heterocycles. The number of benzene rings is 6. The number of rotatable bonds is 4. The number of aromatic nitrogens is 2. The van der Waals surface area contributed by atoms with Crippen molar-refractivity contribution in [1.29, 1.82) is 0 Å². The minimum Gasteiger partial charge on any atom is -0.296 e. The fourth-order valence-corrected chi connectivity index (χ4v) is 7.84. The van der Waals surface area contributed by atoms with Crippen LogP contribution in [0.3, 0.4) is 0 Å². The molecular formula is C44H34N2. The van der Waals surface area contributed by atoms with Crippen LogP contribution in [0.2, 0.25) is 0 Å². The number of allylic oxidation sites excluding steroid dienone is 5. The zero-order valence-electron chi connectivity index (χ0n) is 25.9. The summed E-state index contributed by atoms with van der Waals surface area (Å²) in [6, 6.07) is 46.0. The van der Waals surface area contributed by atoms with E-state index in [-0.39, 0.29) is 11.8 Å². The monoisotopic (exact) mass is 590 g/mol. The second-order valence-corrected chi connectivity index (χ2v) is 12.7. The third-order valence-electron chi connectivity index (χ3n) is 9.98. The highest BCUT2D eigenvalue weighted by Crippen LogP contribution is 2.45. The number of imidazole rings is 1. The van der Waals surface area contributed by atoms with E-state index in [1.54, 1.807) is 0 Å². The average Bonchev–Trinajstić information content (AvgIpc) is 3.50. The van der Waals surface area contributed by atoms with Crippen molar-refractivity contribution in [3.8, 4) is 5.69 Å². The smallest absolute Gasteiger partial charge is 0.122 e. The van der Waals surface area contributed by atoms with Crippen LogP contribution < -0.4 is 0 Å². The Bertz CT molecular complexity index is 2330. The predicted octanol–water partition coefficient (Wildman–Crippen LogP) is 11.2. The van der Waals surface area contributed by atoms with Gasteiger partial charge in [-0.3, -0.25) is 4.57 Å². The molecule has 0 fully saturated rings. The van der Waals surface area contributed by atoms with Crippen LogP contribution in [0.5, 0.6) is 0 Å². The van der Waals surface area contributed by atoms with Crippen molar-refractivity contribution in [2.75, 3.05) is 0 Å². The Morgan fingerprint density at radius 3 is 2.00 bits per heavy atom. The number of nitrogens with zero attached hydrogens (tertiary/aromatic N) is 2. The lowest BCUT2D eigenvalue weighted by Crippen LogP contribution is -2.14. The van der Waals surface area contributed by atoms with Gasteiger partial charge >= 0.3 is 0 Å². The van der Waals surface area contributed by atoms with Crippen molar-refractivity contribution in [1.82, 2.24) is 9.55 Å². The number of hydrogen-bond acceptors (Lipinski definition) is 1. The summed E-state index contributed by atoms with van der Waals surface area (Å²) in [6.45, 7) is 2.34. The summed E-state index contributed by atoms with van der Waals surface area (Å²) in [7, 11) is 0. The van der Waals surface area contributed by atoms with Gasteiger partial charge in [0.15, 0.2) is 0 Å². The summed E-state index contributed by atoms with van der Waals surface area (Å²) >= 11 is 0. The van der Waals surface area contributed by atoms with Crippen molar-refractivity contribution in [3.63, 3.8) is 0 Å². The van der Waals surface area contributed by atoms with Crippen LogP contribution in [0, 0.1) is 5.92 Å². The Morgan fingerprint density at radius 2 is 1.26 bits per heavy atom. The molecule has 2 nitrogen and oxygen atoms in total. The maximum absolute atomic E-state index is 5.22. The number of hydrogen-bond donors (Lipinski definition) is 0. The number of fused-ring (bicyclic) bond motifs is 4. The third-order valence-corrected chi connectivity index (χ3v) is 9.98. The van der Waals surface area contributed by atoms with E-state index in [4.69, 9.17) is 4.98 Å². The molecule has 6 aromatic carbocycles. The molecule has 220 valence electrons. The minimum atomic E-state index is 0.153. The van der Waals surface area contributed by atoms with E-state index in [0.29, 0.717) is 0 Å². The van der Waals surface area contributed by atoms with E-state index in [1.165, 1.54) is 54.9 Å². The molecule has 2 atom stereocenters. The van der Waals surface area contributed by atoms with E-state index in [0.717, 1.165) is 35.4 Å². The van der Waals surface area contributed by atoms with Crippen LogP contribution in [0.1, 0.15) is 47.3 Å². The van der Waals surface area contributed by atoms with E-state index in [9.17, 15) is 0 Å². The first-order chi connectivity index (χ1) is 22.7. The molecule has 2 aliphatic rings. The maximum Gasteiger partial charge on any atom is 0.122 e. The van der Waals surface area contributed by atoms with E-state index < -0.39 is 0 Å². The maximum atomic E-state index is 5.22. The average molecular weight is 591 g/mol. The highest BCUT2D eigenvalue weighted by atomic mass is 15.1. The molecule has 0 aliphatic heterocycles. The summed E-state index contributed by atoms with van der Waals surface area (Å²) < 4.78 is 2.34. The first-order valence-electron chi connectivity index (χ1n) is 16.4. The molecule has 7 aromatic rings. The zero-order valence-corrected chi connectivity index (χ0v) is 25.9. The highest BCUT2D eigenvalue weighted by molar-refractivity contribution is 6.18. The zero-order chi connectivity index (χ0) is 30.6. The lowest BCUT2D eigenvalue weighted by Gasteiger charge is -2.26.